The number of benzene rings is 3. The Morgan fingerprint density at radius 3 is 2.25 bits per heavy atom. The molecule has 2 heterocycles. The summed E-state index contributed by atoms with van der Waals surface area (Å²) < 4.78 is 5.31. The summed E-state index contributed by atoms with van der Waals surface area (Å²) >= 11 is 1.32. The van der Waals surface area contributed by atoms with Crippen molar-refractivity contribution in [3.8, 4) is 28.1 Å². The zero-order valence-corrected chi connectivity index (χ0v) is 21.5. The topological polar surface area (TPSA) is 77.2 Å². The van der Waals surface area contributed by atoms with Crippen molar-refractivity contribution < 1.29 is 9.53 Å². The van der Waals surface area contributed by atoms with Crippen LogP contribution in [0.5, 0.6) is 5.75 Å². The minimum Gasteiger partial charge on any atom is -0.497 e. The van der Waals surface area contributed by atoms with Crippen molar-refractivity contribution in [1.82, 2.24) is 4.98 Å². The summed E-state index contributed by atoms with van der Waals surface area (Å²) in [5.74, 6) is 0.550. The quantitative estimate of drug-likeness (QED) is 0.267. The third-order valence-corrected chi connectivity index (χ3v) is 7.39. The molecule has 36 heavy (non-hydrogen) atoms. The zero-order valence-electron chi connectivity index (χ0n) is 20.7. The Morgan fingerprint density at radius 1 is 0.889 bits per heavy atom. The number of methoxy groups -OCH3 is 1. The molecule has 0 bridgehead atoms. The maximum atomic E-state index is 13.4. The molecular formula is C30H27N3O2S. The number of anilines is 2. The van der Waals surface area contributed by atoms with Crippen LogP contribution in [0.3, 0.4) is 0 Å². The van der Waals surface area contributed by atoms with E-state index in [1.54, 1.807) is 7.11 Å². The van der Waals surface area contributed by atoms with E-state index < -0.39 is 0 Å². The number of hydrogen-bond donors (Lipinski definition) is 2. The summed E-state index contributed by atoms with van der Waals surface area (Å²) in [5.41, 5.74) is 14.9. The number of hydrogen-bond acceptors (Lipinski definition) is 5. The highest BCUT2D eigenvalue weighted by atomic mass is 32.1. The maximum absolute atomic E-state index is 13.4. The number of ether oxygens (including phenoxy) is 1. The number of rotatable bonds is 5. The first kappa shape index (κ1) is 23.6. The van der Waals surface area contributed by atoms with Crippen LogP contribution < -0.4 is 15.8 Å². The number of nitrogen functional groups attached to an aromatic ring is 1. The van der Waals surface area contributed by atoms with Gasteiger partial charge < -0.3 is 15.8 Å². The molecule has 0 radical (unpaired) electrons. The van der Waals surface area contributed by atoms with Gasteiger partial charge >= 0.3 is 0 Å². The molecule has 3 aromatic carbocycles. The van der Waals surface area contributed by atoms with Crippen molar-refractivity contribution in [3.05, 3.63) is 94.4 Å². The van der Waals surface area contributed by atoms with E-state index in [-0.39, 0.29) is 5.91 Å². The number of nitrogens with two attached hydrogens (primary N) is 1. The lowest BCUT2D eigenvalue weighted by Crippen LogP contribution is -2.13. The van der Waals surface area contributed by atoms with Crippen LogP contribution in [0.1, 0.15) is 26.4 Å². The number of aryl methyl sites for hydroxylation is 3. The highest BCUT2D eigenvalue weighted by Crippen LogP contribution is 2.42. The Bertz CT molecular complexity index is 1590. The summed E-state index contributed by atoms with van der Waals surface area (Å²) in [7, 11) is 1.65. The van der Waals surface area contributed by atoms with Crippen LogP contribution in [0.25, 0.3) is 32.6 Å². The highest BCUT2D eigenvalue weighted by Gasteiger charge is 2.22. The average molecular weight is 494 g/mol. The number of amides is 1. The fourth-order valence-corrected chi connectivity index (χ4v) is 5.22. The second kappa shape index (κ2) is 9.47. The molecule has 5 rings (SSSR count). The predicted molar refractivity (Wildman–Crippen MR) is 150 cm³/mol. The number of carbonyl (C=O) groups excluding carboxylic acids is 1. The first-order valence-electron chi connectivity index (χ1n) is 11.7. The van der Waals surface area contributed by atoms with Gasteiger partial charge in [-0.3, -0.25) is 4.79 Å². The van der Waals surface area contributed by atoms with Crippen LogP contribution in [-0.2, 0) is 0 Å². The molecule has 3 N–H and O–H groups in total. The standard InChI is InChI=1S/C30H27N3O2S/c1-17-6-9-20(10-7-17)23-16-25(21-11-13-22(35-4)14-12-21)33-30-26(23)27(31)28(36-30)29(34)32-24-15-18(2)5-8-19(24)3/h5-16H,31H2,1-4H3,(H,32,34). The molecule has 0 spiro atoms. The third kappa shape index (κ3) is 4.43. The van der Waals surface area contributed by atoms with Crippen LogP contribution in [0.15, 0.2) is 72.8 Å². The summed E-state index contributed by atoms with van der Waals surface area (Å²) in [4.78, 5) is 19.5. The lowest BCUT2D eigenvalue weighted by atomic mass is 9.98. The molecule has 0 saturated carbocycles. The van der Waals surface area contributed by atoms with Gasteiger partial charge in [-0.05, 0) is 79.4 Å². The Labute approximate surface area is 214 Å². The molecule has 0 saturated heterocycles. The summed E-state index contributed by atoms with van der Waals surface area (Å²) in [5, 5.41) is 3.84. The van der Waals surface area contributed by atoms with Gasteiger partial charge in [0, 0.05) is 16.6 Å². The number of thiophene rings is 1. The van der Waals surface area contributed by atoms with E-state index in [9.17, 15) is 4.79 Å². The summed E-state index contributed by atoms with van der Waals surface area (Å²) in [6.45, 7) is 6.03. The van der Waals surface area contributed by atoms with E-state index >= 15 is 0 Å². The monoisotopic (exact) mass is 493 g/mol. The molecule has 0 atom stereocenters. The number of pyridine rings is 1. The number of nitrogens with one attached hydrogen (secondary N) is 1. The number of nitrogens with zero attached hydrogens (tertiary/aromatic N) is 1. The fraction of sp³-hybridized carbons (Fsp3) is 0.133. The van der Waals surface area contributed by atoms with Gasteiger partial charge in [0.15, 0.2) is 0 Å². The molecule has 0 aliphatic carbocycles. The Morgan fingerprint density at radius 2 is 1.56 bits per heavy atom. The average Bonchev–Trinajstić information content (AvgIpc) is 3.22. The highest BCUT2D eigenvalue weighted by molar-refractivity contribution is 7.21. The Hall–Kier alpha value is -4.16. The van der Waals surface area contributed by atoms with Gasteiger partial charge in [0.1, 0.15) is 15.5 Å². The second-order valence-corrected chi connectivity index (χ2v) is 9.95. The molecule has 5 nitrogen and oxygen atoms in total. The molecule has 1 amide bonds. The predicted octanol–water partition coefficient (Wildman–Crippen LogP) is 7.40. The van der Waals surface area contributed by atoms with Gasteiger partial charge in [-0.15, -0.1) is 11.3 Å². The van der Waals surface area contributed by atoms with Gasteiger partial charge in [-0.25, -0.2) is 4.98 Å². The molecule has 180 valence electrons. The fourth-order valence-electron chi connectivity index (χ4n) is 4.21. The van der Waals surface area contributed by atoms with Crippen LogP contribution >= 0.6 is 11.3 Å². The molecule has 0 aliphatic heterocycles. The van der Waals surface area contributed by atoms with Crippen molar-refractivity contribution in [3.63, 3.8) is 0 Å². The van der Waals surface area contributed by atoms with E-state index in [0.717, 1.165) is 55.2 Å². The van der Waals surface area contributed by atoms with Gasteiger partial charge in [-0.2, -0.15) is 0 Å². The van der Waals surface area contributed by atoms with E-state index in [4.69, 9.17) is 15.5 Å². The lowest BCUT2D eigenvalue weighted by Gasteiger charge is -2.10. The molecule has 6 heteroatoms. The van der Waals surface area contributed by atoms with Gasteiger partial charge in [0.2, 0.25) is 0 Å². The summed E-state index contributed by atoms with van der Waals surface area (Å²) in [6.07, 6.45) is 0. The SMILES string of the molecule is COc1ccc(-c2cc(-c3ccc(C)cc3)c3c(N)c(C(=O)Nc4cc(C)ccc4C)sc3n2)cc1. The minimum absolute atomic E-state index is 0.231. The van der Waals surface area contributed by atoms with Crippen LogP contribution in [0, 0.1) is 20.8 Å². The first-order valence-corrected chi connectivity index (χ1v) is 12.5. The Kier molecular flexibility index (Phi) is 6.20. The third-order valence-electron chi connectivity index (χ3n) is 6.29. The normalized spacial score (nSPS) is 11.0. The molecule has 0 aliphatic rings. The van der Waals surface area contributed by atoms with E-state index in [2.05, 4.69) is 36.5 Å². The summed E-state index contributed by atoms with van der Waals surface area (Å²) in [6, 6.07) is 24.1. The van der Waals surface area contributed by atoms with Gasteiger partial charge in [0.25, 0.3) is 5.91 Å². The zero-order chi connectivity index (χ0) is 25.4. The number of aromatic nitrogens is 1. The van der Waals surface area contributed by atoms with E-state index in [1.807, 2.05) is 62.4 Å². The smallest absolute Gasteiger partial charge is 0.267 e. The number of carbonyl (C=O) groups is 1. The van der Waals surface area contributed by atoms with Crippen molar-refractivity contribution in [2.24, 2.45) is 0 Å². The number of fused-ring (bicyclic) bond motifs is 1. The van der Waals surface area contributed by atoms with Gasteiger partial charge in [0.05, 0.1) is 18.5 Å². The van der Waals surface area contributed by atoms with Gasteiger partial charge in [-0.1, -0.05) is 42.0 Å². The van der Waals surface area contributed by atoms with Crippen molar-refractivity contribution >= 4 is 38.8 Å². The maximum Gasteiger partial charge on any atom is 0.267 e. The molecule has 5 aromatic rings. The minimum atomic E-state index is -0.231. The molecule has 0 unspecified atom stereocenters. The Balaban J connectivity index is 1.66. The first-order chi connectivity index (χ1) is 17.3. The molecule has 0 fully saturated rings. The van der Waals surface area contributed by atoms with Crippen molar-refractivity contribution in [2.45, 2.75) is 20.8 Å². The molecular weight excluding hydrogens is 466 g/mol. The largest absolute Gasteiger partial charge is 0.497 e. The molecule has 2 aromatic heterocycles. The van der Waals surface area contributed by atoms with Crippen LogP contribution in [-0.4, -0.2) is 18.0 Å². The van der Waals surface area contributed by atoms with E-state index in [1.165, 1.54) is 16.9 Å². The lowest BCUT2D eigenvalue weighted by molar-refractivity contribution is 0.103. The van der Waals surface area contributed by atoms with Crippen LogP contribution in [0.2, 0.25) is 0 Å². The van der Waals surface area contributed by atoms with E-state index in [0.29, 0.717) is 10.6 Å². The van der Waals surface area contributed by atoms with Crippen molar-refractivity contribution in [2.75, 3.05) is 18.2 Å². The van der Waals surface area contributed by atoms with Crippen molar-refractivity contribution in [1.29, 1.82) is 0 Å². The second-order valence-electron chi connectivity index (χ2n) is 8.95. The van der Waals surface area contributed by atoms with Crippen LogP contribution in [0.4, 0.5) is 11.4 Å².